The lowest BCUT2D eigenvalue weighted by Crippen LogP contribution is -2.35. The zero-order chi connectivity index (χ0) is 21.4. The first-order valence-electron chi connectivity index (χ1n) is 9.08. The van der Waals surface area contributed by atoms with Gasteiger partial charge in [-0.3, -0.25) is 10.2 Å². The highest BCUT2D eigenvalue weighted by Gasteiger charge is 2.36. The fourth-order valence-electron chi connectivity index (χ4n) is 2.86. The molecule has 2 aliphatic rings. The molecule has 5 rings (SSSR count). The Morgan fingerprint density at radius 2 is 2.03 bits per heavy atom. The predicted octanol–water partition coefficient (Wildman–Crippen LogP) is 5.95. The number of benzene rings is 1. The highest BCUT2D eigenvalue weighted by Crippen LogP contribution is 2.33. The first-order valence-corrected chi connectivity index (χ1v) is 12.1. The molecule has 6 nitrogen and oxygen atoms in total. The molecule has 1 amide bonds. The molecule has 1 aromatic carbocycles. The van der Waals surface area contributed by atoms with E-state index >= 15 is 0 Å². The van der Waals surface area contributed by atoms with E-state index in [9.17, 15) is 4.79 Å². The van der Waals surface area contributed by atoms with Crippen LogP contribution in [0, 0.1) is 5.41 Å². The number of hydrogen-bond acceptors (Lipinski definition) is 7. The van der Waals surface area contributed by atoms with E-state index in [-0.39, 0.29) is 11.4 Å². The maximum absolute atomic E-state index is 12.5. The summed E-state index contributed by atoms with van der Waals surface area (Å²) >= 11 is 10.3. The Bertz CT molecular complexity index is 1260. The molecule has 31 heavy (non-hydrogen) atoms. The Morgan fingerprint density at radius 3 is 2.81 bits per heavy atom. The van der Waals surface area contributed by atoms with Crippen molar-refractivity contribution in [3.8, 4) is 0 Å². The molecule has 0 aliphatic carbocycles. The Kier molecular flexibility index (Phi) is 5.58. The van der Waals surface area contributed by atoms with Gasteiger partial charge in [0.15, 0.2) is 10.9 Å². The van der Waals surface area contributed by atoms with Crippen LogP contribution < -0.4 is 0 Å². The van der Waals surface area contributed by atoms with E-state index in [1.807, 2.05) is 47.8 Å². The number of aliphatic imine (C=N–C) groups is 1. The van der Waals surface area contributed by atoms with Crippen molar-refractivity contribution in [3.05, 3.63) is 80.7 Å². The Labute approximate surface area is 195 Å². The zero-order valence-corrected chi connectivity index (χ0v) is 18.9. The molecule has 0 fully saturated rings. The molecule has 1 N–H and O–H groups in total. The first-order chi connectivity index (χ1) is 15.1. The highest BCUT2D eigenvalue weighted by atomic mass is 35.5. The van der Waals surface area contributed by atoms with Crippen LogP contribution in [0.2, 0.25) is 5.02 Å². The largest absolute Gasteiger partial charge is 0.450 e. The number of fused-ring (bicyclic) bond motifs is 1. The summed E-state index contributed by atoms with van der Waals surface area (Å²) in [4.78, 5) is 17.6. The number of nitrogens with zero attached hydrogens (tertiary/aromatic N) is 3. The van der Waals surface area contributed by atoms with E-state index in [1.165, 1.54) is 28.5 Å². The van der Waals surface area contributed by atoms with Crippen molar-refractivity contribution in [3.63, 3.8) is 0 Å². The lowest BCUT2D eigenvalue weighted by Gasteiger charge is -2.19. The van der Waals surface area contributed by atoms with Crippen LogP contribution in [-0.4, -0.2) is 27.0 Å². The number of nitrogens with one attached hydrogen (secondary N) is 1. The second-order valence-electron chi connectivity index (χ2n) is 6.47. The molecule has 0 saturated heterocycles. The summed E-state index contributed by atoms with van der Waals surface area (Å²) in [7, 11) is 0. The summed E-state index contributed by atoms with van der Waals surface area (Å²) in [5.74, 6) is 0.729. The molecular weight excluding hydrogens is 472 g/mol. The van der Waals surface area contributed by atoms with E-state index in [2.05, 4.69) is 10.1 Å². The Hall–Kier alpha value is -2.59. The summed E-state index contributed by atoms with van der Waals surface area (Å²) in [5.41, 5.74) is 1.27. The predicted molar refractivity (Wildman–Crippen MR) is 128 cm³/mol. The monoisotopic (exact) mass is 484 g/mol. The third-order valence-electron chi connectivity index (χ3n) is 4.37. The van der Waals surface area contributed by atoms with Crippen LogP contribution in [0.15, 0.2) is 79.1 Å². The summed E-state index contributed by atoms with van der Waals surface area (Å²) in [6.45, 7) is 0. The molecule has 0 bridgehead atoms. The van der Waals surface area contributed by atoms with Crippen molar-refractivity contribution in [2.24, 2.45) is 10.1 Å². The van der Waals surface area contributed by atoms with Gasteiger partial charge in [-0.1, -0.05) is 41.6 Å². The van der Waals surface area contributed by atoms with Crippen molar-refractivity contribution in [1.82, 2.24) is 5.01 Å². The smallest absolute Gasteiger partial charge is 0.283 e. The minimum absolute atomic E-state index is 0.0131. The van der Waals surface area contributed by atoms with Crippen LogP contribution in [-0.2, 0) is 10.5 Å². The second-order valence-corrected chi connectivity index (χ2v) is 9.79. The molecule has 0 spiro atoms. The maximum atomic E-state index is 12.5. The van der Waals surface area contributed by atoms with Gasteiger partial charge in [0.05, 0.1) is 10.5 Å². The van der Waals surface area contributed by atoms with Crippen molar-refractivity contribution in [2.75, 3.05) is 0 Å². The SMILES string of the molecule is N=C1/C(=C\c2ccc(SCc3ccc(Cl)cc3)o2)C(=O)N=C2SC(c3cccs3)=NN12. The number of halogens is 1. The Balaban J connectivity index is 1.32. The van der Waals surface area contributed by atoms with Gasteiger partial charge < -0.3 is 4.42 Å². The van der Waals surface area contributed by atoms with E-state index < -0.39 is 5.91 Å². The molecule has 2 aliphatic heterocycles. The lowest BCUT2D eigenvalue weighted by atomic mass is 10.1. The number of amidine groups is 2. The molecule has 4 heterocycles. The second kappa shape index (κ2) is 8.51. The van der Waals surface area contributed by atoms with Crippen LogP contribution in [0.4, 0.5) is 0 Å². The van der Waals surface area contributed by atoms with Gasteiger partial charge in [-0.2, -0.15) is 15.1 Å². The molecule has 154 valence electrons. The van der Waals surface area contributed by atoms with Gasteiger partial charge in [0.25, 0.3) is 5.91 Å². The minimum Gasteiger partial charge on any atom is -0.450 e. The number of carbonyl (C=O) groups is 1. The normalized spacial score (nSPS) is 17.2. The van der Waals surface area contributed by atoms with Crippen LogP contribution >= 0.6 is 46.5 Å². The number of thioether (sulfide) groups is 2. The molecule has 0 atom stereocenters. The zero-order valence-electron chi connectivity index (χ0n) is 15.7. The van der Waals surface area contributed by atoms with E-state index in [1.54, 1.807) is 23.5 Å². The molecule has 2 aromatic heterocycles. The molecule has 0 saturated carbocycles. The van der Waals surface area contributed by atoms with Crippen LogP contribution in [0.1, 0.15) is 16.2 Å². The van der Waals surface area contributed by atoms with E-state index in [0.29, 0.717) is 16.0 Å². The third kappa shape index (κ3) is 4.27. The van der Waals surface area contributed by atoms with Gasteiger partial charge in [0, 0.05) is 10.8 Å². The van der Waals surface area contributed by atoms with Crippen molar-refractivity contribution in [1.29, 1.82) is 5.41 Å². The molecule has 10 heteroatoms. The summed E-state index contributed by atoms with van der Waals surface area (Å²) in [6.07, 6.45) is 1.54. The van der Waals surface area contributed by atoms with E-state index in [0.717, 1.165) is 26.3 Å². The number of hydrazone groups is 1. The molecule has 0 radical (unpaired) electrons. The first kappa shape index (κ1) is 20.3. The van der Waals surface area contributed by atoms with Crippen LogP contribution in [0.5, 0.6) is 0 Å². The number of furan rings is 1. The molecular formula is C21H13ClN4O2S3. The average Bonchev–Trinajstić information content (AvgIpc) is 3.51. The fourth-order valence-corrected chi connectivity index (χ4v) is 5.49. The number of amides is 1. The van der Waals surface area contributed by atoms with Gasteiger partial charge >= 0.3 is 0 Å². The van der Waals surface area contributed by atoms with Crippen molar-refractivity contribution in [2.45, 2.75) is 10.8 Å². The molecule has 3 aromatic rings. The highest BCUT2D eigenvalue weighted by molar-refractivity contribution is 8.27. The van der Waals surface area contributed by atoms with Crippen LogP contribution in [0.25, 0.3) is 6.08 Å². The minimum atomic E-state index is -0.474. The van der Waals surface area contributed by atoms with Gasteiger partial charge in [-0.15, -0.1) is 11.3 Å². The summed E-state index contributed by atoms with van der Waals surface area (Å²) in [6, 6.07) is 15.2. The topological polar surface area (TPSA) is 82.0 Å². The Morgan fingerprint density at radius 1 is 1.19 bits per heavy atom. The average molecular weight is 485 g/mol. The fraction of sp³-hybridized carbons (Fsp3) is 0.0476. The maximum Gasteiger partial charge on any atom is 0.283 e. The van der Waals surface area contributed by atoms with Gasteiger partial charge in [-0.05, 0) is 59.1 Å². The van der Waals surface area contributed by atoms with Gasteiger partial charge in [0.2, 0.25) is 5.17 Å². The van der Waals surface area contributed by atoms with Crippen molar-refractivity contribution < 1.29 is 9.21 Å². The third-order valence-corrected chi connectivity index (χ3v) is 7.55. The van der Waals surface area contributed by atoms with Gasteiger partial charge in [-0.25, -0.2) is 0 Å². The summed E-state index contributed by atoms with van der Waals surface area (Å²) in [5, 5.41) is 18.8. The summed E-state index contributed by atoms with van der Waals surface area (Å²) < 4.78 is 5.83. The number of hydrogen-bond donors (Lipinski definition) is 1. The van der Waals surface area contributed by atoms with E-state index in [4.69, 9.17) is 21.4 Å². The number of rotatable bonds is 5. The quantitative estimate of drug-likeness (QED) is 0.357. The standard InChI is InChI=1S/C21H13ClN4O2S3/c22-13-5-3-12(4-6-13)11-30-17-8-7-14(28-17)10-15-18(23)26-21(24-19(15)27)31-20(25-26)16-2-1-9-29-16/h1-10,23H,11H2/b15-10+,23-18?. The van der Waals surface area contributed by atoms with Crippen LogP contribution in [0.3, 0.4) is 0 Å². The van der Waals surface area contributed by atoms with Gasteiger partial charge in [0.1, 0.15) is 10.8 Å². The lowest BCUT2D eigenvalue weighted by molar-refractivity contribution is -0.114. The number of thiophene rings is 1. The van der Waals surface area contributed by atoms with Crippen molar-refractivity contribution >= 4 is 74.5 Å². The molecule has 0 unspecified atom stereocenters. The number of carbonyl (C=O) groups excluding carboxylic acids is 1.